The van der Waals surface area contributed by atoms with Crippen molar-refractivity contribution in [2.45, 2.75) is 25.3 Å². The minimum absolute atomic E-state index is 0.143. The normalized spacial score (nSPS) is 25.6. The molecule has 5 heteroatoms. The average molecular weight is 240 g/mol. The zero-order valence-corrected chi connectivity index (χ0v) is 10.4. The minimum atomic E-state index is 0.143. The Balaban J connectivity index is 1.92. The molecule has 2 atom stereocenters. The van der Waals surface area contributed by atoms with Gasteiger partial charge in [-0.05, 0) is 12.1 Å². The molecule has 2 N–H and O–H groups in total. The van der Waals surface area contributed by atoms with E-state index in [1.54, 1.807) is 14.2 Å². The SMILES string of the molecule is COC1CN(Cc2ccc(CN)o2)CC1OC. The third-order valence-corrected chi connectivity index (χ3v) is 3.19. The molecular formula is C12H20N2O3. The van der Waals surface area contributed by atoms with Crippen LogP contribution in [0.15, 0.2) is 16.5 Å². The first-order valence-corrected chi connectivity index (χ1v) is 5.82. The van der Waals surface area contributed by atoms with E-state index in [1.807, 2.05) is 12.1 Å². The van der Waals surface area contributed by atoms with E-state index in [0.717, 1.165) is 31.2 Å². The van der Waals surface area contributed by atoms with Gasteiger partial charge in [-0.3, -0.25) is 4.90 Å². The van der Waals surface area contributed by atoms with Gasteiger partial charge in [0.25, 0.3) is 0 Å². The molecule has 0 aliphatic carbocycles. The van der Waals surface area contributed by atoms with Crippen LogP contribution in [0.3, 0.4) is 0 Å². The van der Waals surface area contributed by atoms with Gasteiger partial charge in [-0.1, -0.05) is 0 Å². The Morgan fingerprint density at radius 3 is 2.29 bits per heavy atom. The van der Waals surface area contributed by atoms with Gasteiger partial charge in [0.15, 0.2) is 0 Å². The molecule has 0 spiro atoms. The smallest absolute Gasteiger partial charge is 0.118 e. The van der Waals surface area contributed by atoms with Crippen molar-refractivity contribution in [2.75, 3.05) is 27.3 Å². The highest BCUT2D eigenvalue weighted by Crippen LogP contribution is 2.19. The highest BCUT2D eigenvalue weighted by atomic mass is 16.5. The molecule has 2 unspecified atom stereocenters. The summed E-state index contributed by atoms with van der Waals surface area (Å²) in [4.78, 5) is 2.27. The van der Waals surface area contributed by atoms with Crippen LogP contribution < -0.4 is 5.73 Å². The van der Waals surface area contributed by atoms with E-state index in [0.29, 0.717) is 6.54 Å². The molecule has 1 saturated heterocycles. The topological polar surface area (TPSA) is 60.9 Å². The fraction of sp³-hybridized carbons (Fsp3) is 0.667. The van der Waals surface area contributed by atoms with Gasteiger partial charge in [0.05, 0.1) is 25.3 Å². The Labute approximate surface area is 101 Å². The zero-order valence-electron chi connectivity index (χ0n) is 10.4. The summed E-state index contributed by atoms with van der Waals surface area (Å²) >= 11 is 0. The third-order valence-electron chi connectivity index (χ3n) is 3.19. The number of hydrogen-bond donors (Lipinski definition) is 1. The van der Waals surface area contributed by atoms with Crippen LogP contribution in [0.1, 0.15) is 11.5 Å². The second-order valence-electron chi connectivity index (χ2n) is 4.31. The Morgan fingerprint density at radius 2 is 1.82 bits per heavy atom. The van der Waals surface area contributed by atoms with Crippen molar-refractivity contribution in [1.82, 2.24) is 4.90 Å². The fourth-order valence-corrected chi connectivity index (χ4v) is 2.24. The summed E-state index contributed by atoms with van der Waals surface area (Å²) < 4.78 is 16.4. The molecule has 0 amide bonds. The van der Waals surface area contributed by atoms with Crippen LogP contribution in [0.5, 0.6) is 0 Å². The van der Waals surface area contributed by atoms with Crippen LogP contribution in [0, 0.1) is 0 Å². The van der Waals surface area contributed by atoms with E-state index in [9.17, 15) is 0 Å². The lowest BCUT2D eigenvalue weighted by molar-refractivity contribution is -0.00461. The monoisotopic (exact) mass is 240 g/mol. The number of furan rings is 1. The van der Waals surface area contributed by atoms with Gasteiger partial charge < -0.3 is 19.6 Å². The van der Waals surface area contributed by atoms with E-state index in [-0.39, 0.29) is 12.2 Å². The van der Waals surface area contributed by atoms with E-state index >= 15 is 0 Å². The summed E-state index contributed by atoms with van der Waals surface area (Å²) in [5.74, 6) is 1.77. The summed E-state index contributed by atoms with van der Waals surface area (Å²) in [6, 6.07) is 3.90. The molecule has 5 nitrogen and oxygen atoms in total. The number of likely N-dealkylation sites (tertiary alicyclic amines) is 1. The average Bonchev–Trinajstić information content (AvgIpc) is 2.95. The van der Waals surface area contributed by atoms with Crippen molar-refractivity contribution in [3.8, 4) is 0 Å². The second kappa shape index (κ2) is 5.64. The molecule has 0 bridgehead atoms. The molecule has 1 fully saturated rings. The van der Waals surface area contributed by atoms with E-state index < -0.39 is 0 Å². The molecular weight excluding hydrogens is 220 g/mol. The van der Waals surface area contributed by atoms with Crippen molar-refractivity contribution in [2.24, 2.45) is 5.73 Å². The first kappa shape index (κ1) is 12.6. The summed E-state index contributed by atoms with van der Waals surface area (Å²) in [6.07, 6.45) is 0.285. The van der Waals surface area contributed by atoms with Crippen molar-refractivity contribution in [3.63, 3.8) is 0 Å². The lowest BCUT2D eigenvalue weighted by atomic mass is 10.3. The molecule has 0 radical (unpaired) electrons. The first-order valence-electron chi connectivity index (χ1n) is 5.82. The highest BCUT2D eigenvalue weighted by Gasteiger charge is 2.33. The number of nitrogens with zero attached hydrogens (tertiary/aromatic N) is 1. The molecule has 2 heterocycles. The predicted octanol–water partition coefficient (Wildman–Crippen LogP) is 0.584. The Morgan fingerprint density at radius 1 is 1.24 bits per heavy atom. The lowest BCUT2D eigenvalue weighted by Crippen LogP contribution is -2.27. The molecule has 1 aromatic heterocycles. The van der Waals surface area contributed by atoms with Crippen molar-refractivity contribution in [1.29, 1.82) is 0 Å². The molecule has 96 valence electrons. The summed E-state index contributed by atoms with van der Waals surface area (Å²) in [6.45, 7) is 2.96. The standard InChI is InChI=1S/C12H20N2O3/c1-15-11-7-14(8-12(11)16-2)6-10-4-3-9(5-13)17-10/h3-4,11-12H,5-8,13H2,1-2H3. The maximum Gasteiger partial charge on any atom is 0.118 e. The maximum absolute atomic E-state index is 5.58. The first-order chi connectivity index (χ1) is 8.26. The Hall–Kier alpha value is -0.880. The van der Waals surface area contributed by atoms with Gasteiger partial charge >= 0.3 is 0 Å². The molecule has 2 rings (SSSR count). The van der Waals surface area contributed by atoms with Crippen LogP contribution in [0.4, 0.5) is 0 Å². The summed E-state index contributed by atoms with van der Waals surface area (Å²) in [5.41, 5.74) is 5.51. The molecule has 0 saturated carbocycles. The van der Waals surface area contributed by atoms with Gasteiger partial charge in [-0.2, -0.15) is 0 Å². The van der Waals surface area contributed by atoms with Gasteiger partial charge in [0.2, 0.25) is 0 Å². The van der Waals surface area contributed by atoms with Crippen LogP contribution in [-0.4, -0.2) is 44.4 Å². The Kier molecular flexibility index (Phi) is 4.17. The van der Waals surface area contributed by atoms with Gasteiger partial charge in [0.1, 0.15) is 11.5 Å². The molecule has 1 aromatic rings. The largest absolute Gasteiger partial charge is 0.463 e. The number of nitrogens with two attached hydrogens (primary N) is 1. The summed E-state index contributed by atoms with van der Waals surface area (Å²) in [7, 11) is 3.44. The zero-order chi connectivity index (χ0) is 12.3. The molecule has 17 heavy (non-hydrogen) atoms. The number of rotatable bonds is 5. The number of ether oxygens (including phenoxy) is 2. The van der Waals surface area contributed by atoms with Crippen molar-refractivity contribution < 1.29 is 13.9 Å². The van der Waals surface area contributed by atoms with Gasteiger partial charge in [-0.15, -0.1) is 0 Å². The summed E-state index contributed by atoms with van der Waals surface area (Å²) in [5, 5.41) is 0. The van der Waals surface area contributed by atoms with E-state index in [4.69, 9.17) is 19.6 Å². The van der Waals surface area contributed by atoms with Crippen LogP contribution in [0.25, 0.3) is 0 Å². The lowest BCUT2D eigenvalue weighted by Gasteiger charge is -2.13. The number of methoxy groups -OCH3 is 2. The van der Waals surface area contributed by atoms with Crippen molar-refractivity contribution in [3.05, 3.63) is 23.7 Å². The molecule has 0 aromatic carbocycles. The third kappa shape index (κ3) is 2.87. The minimum Gasteiger partial charge on any atom is -0.463 e. The van der Waals surface area contributed by atoms with Crippen LogP contribution in [0.2, 0.25) is 0 Å². The Bertz CT molecular complexity index is 341. The quantitative estimate of drug-likeness (QED) is 0.816. The molecule has 1 aliphatic rings. The highest BCUT2D eigenvalue weighted by molar-refractivity contribution is 5.07. The molecule has 1 aliphatic heterocycles. The number of hydrogen-bond acceptors (Lipinski definition) is 5. The maximum atomic E-state index is 5.58. The van der Waals surface area contributed by atoms with Gasteiger partial charge in [-0.25, -0.2) is 0 Å². The predicted molar refractivity (Wildman–Crippen MR) is 63.5 cm³/mol. The van der Waals surface area contributed by atoms with E-state index in [2.05, 4.69) is 4.90 Å². The van der Waals surface area contributed by atoms with Gasteiger partial charge in [0, 0.05) is 27.3 Å². The van der Waals surface area contributed by atoms with Crippen molar-refractivity contribution >= 4 is 0 Å². The van der Waals surface area contributed by atoms with Crippen LogP contribution >= 0.6 is 0 Å². The fourth-order valence-electron chi connectivity index (χ4n) is 2.24. The second-order valence-corrected chi connectivity index (χ2v) is 4.31. The van der Waals surface area contributed by atoms with E-state index in [1.165, 1.54) is 0 Å². The van der Waals surface area contributed by atoms with Crippen LogP contribution in [-0.2, 0) is 22.6 Å².